The molecule has 2 rings (SSSR count). The Labute approximate surface area is 220 Å². The van der Waals surface area contributed by atoms with Crippen molar-refractivity contribution >= 4 is 46.2 Å². The highest BCUT2D eigenvalue weighted by molar-refractivity contribution is 8.69. The first-order valence-electron chi connectivity index (χ1n) is 11.6. The molecule has 0 saturated carbocycles. The van der Waals surface area contributed by atoms with Gasteiger partial charge in [-0.1, -0.05) is 81.3 Å². The predicted octanol–water partition coefficient (Wildman–Crippen LogP) is 4.37. The highest BCUT2D eigenvalue weighted by Crippen LogP contribution is 2.48. The van der Waals surface area contributed by atoms with Gasteiger partial charge in [0.1, 0.15) is 6.04 Å². The second kappa shape index (κ2) is 12.3. The molecule has 0 aliphatic heterocycles. The lowest BCUT2D eigenvalue weighted by Gasteiger charge is -2.45. The van der Waals surface area contributed by atoms with Crippen LogP contribution in [-0.2, 0) is 15.0 Å². The van der Waals surface area contributed by atoms with Crippen molar-refractivity contribution in [3.8, 4) is 0 Å². The molecule has 194 valence electrons. The molecule has 0 spiro atoms. The molecule has 4 unspecified atom stereocenters. The summed E-state index contributed by atoms with van der Waals surface area (Å²) in [6.45, 7) is 6.96. The SMILES string of the molecule is CCC(C)C(NC(=O)c1ccccc1C(C)(CC)C(NC(=O)c1ccccc1)(SS)C(=O)O)C(=O)O. The van der Waals surface area contributed by atoms with Crippen LogP contribution >= 0.6 is 22.5 Å². The van der Waals surface area contributed by atoms with Gasteiger partial charge in [-0.2, -0.15) is 0 Å². The maximum Gasteiger partial charge on any atom is 0.341 e. The van der Waals surface area contributed by atoms with Gasteiger partial charge in [0.2, 0.25) is 4.87 Å². The minimum Gasteiger partial charge on any atom is -0.480 e. The molecule has 0 radical (unpaired) electrons. The molecule has 10 heteroatoms. The third kappa shape index (κ3) is 5.70. The number of hydrogen-bond donors (Lipinski definition) is 5. The first-order chi connectivity index (χ1) is 17.0. The van der Waals surface area contributed by atoms with E-state index in [1.807, 2.05) is 6.92 Å². The Morgan fingerprint density at radius 2 is 1.56 bits per heavy atom. The number of nitrogens with one attached hydrogen (secondary N) is 2. The molecular formula is C26H32N2O6S2. The summed E-state index contributed by atoms with van der Waals surface area (Å²) in [4.78, 5) is 49.1. The predicted molar refractivity (Wildman–Crippen MR) is 143 cm³/mol. The zero-order valence-corrected chi connectivity index (χ0v) is 22.4. The van der Waals surface area contributed by atoms with Crippen molar-refractivity contribution in [2.24, 2.45) is 5.92 Å². The molecule has 0 fully saturated rings. The van der Waals surface area contributed by atoms with E-state index < -0.39 is 40.1 Å². The number of amides is 2. The van der Waals surface area contributed by atoms with Crippen LogP contribution in [0.15, 0.2) is 54.6 Å². The van der Waals surface area contributed by atoms with Crippen LogP contribution in [0.25, 0.3) is 0 Å². The van der Waals surface area contributed by atoms with Gasteiger partial charge in [-0.15, -0.1) is 11.7 Å². The lowest BCUT2D eigenvalue weighted by Crippen LogP contribution is -2.63. The van der Waals surface area contributed by atoms with Crippen molar-refractivity contribution in [1.82, 2.24) is 10.6 Å². The lowest BCUT2D eigenvalue weighted by molar-refractivity contribution is -0.143. The van der Waals surface area contributed by atoms with Crippen molar-refractivity contribution in [1.29, 1.82) is 0 Å². The highest BCUT2D eigenvalue weighted by atomic mass is 33.1. The van der Waals surface area contributed by atoms with Crippen LogP contribution in [-0.4, -0.2) is 44.9 Å². The molecule has 2 aromatic rings. The topological polar surface area (TPSA) is 133 Å². The summed E-state index contributed by atoms with van der Waals surface area (Å²) in [6, 6.07) is 13.5. The van der Waals surface area contributed by atoms with E-state index in [9.17, 15) is 29.4 Å². The molecule has 0 aromatic heterocycles. The Hall–Kier alpha value is -2.98. The number of hydrogen-bond acceptors (Lipinski definition) is 6. The van der Waals surface area contributed by atoms with E-state index in [4.69, 9.17) is 0 Å². The average Bonchev–Trinajstić information content (AvgIpc) is 2.89. The van der Waals surface area contributed by atoms with Gasteiger partial charge < -0.3 is 20.8 Å². The minimum atomic E-state index is -1.98. The first-order valence-corrected chi connectivity index (χ1v) is 13.4. The van der Waals surface area contributed by atoms with Crippen molar-refractivity contribution in [3.63, 3.8) is 0 Å². The van der Waals surface area contributed by atoms with Crippen molar-refractivity contribution in [3.05, 3.63) is 71.3 Å². The summed E-state index contributed by atoms with van der Waals surface area (Å²) >= 11 is 4.28. The number of benzene rings is 2. The Morgan fingerprint density at radius 3 is 2.06 bits per heavy atom. The molecule has 0 bridgehead atoms. The van der Waals surface area contributed by atoms with E-state index in [-0.39, 0.29) is 23.5 Å². The summed E-state index contributed by atoms with van der Waals surface area (Å²) in [5.74, 6) is -4.07. The third-order valence-corrected chi connectivity index (χ3v) is 8.60. The Morgan fingerprint density at radius 1 is 0.972 bits per heavy atom. The third-order valence-electron chi connectivity index (χ3n) is 6.78. The number of aliphatic carboxylic acids is 2. The summed E-state index contributed by atoms with van der Waals surface area (Å²) in [6.07, 6.45) is 0.745. The Kier molecular flexibility index (Phi) is 10.0. The van der Waals surface area contributed by atoms with Gasteiger partial charge in [0, 0.05) is 16.5 Å². The van der Waals surface area contributed by atoms with Gasteiger partial charge in [0.15, 0.2) is 0 Å². The van der Waals surface area contributed by atoms with Gasteiger partial charge in [-0.05, 0) is 36.1 Å². The summed E-state index contributed by atoms with van der Waals surface area (Å²) in [5.41, 5.74) is -0.597. The molecule has 2 amide bonds. The smallest absolute Gasteiger partial charge is 0.341 e. The number of carbonyl (C=O) groups excluding carboxylic acids is 2. The normalized spacial score (nSPS) is 16.0. The minimum absolute atomic E-state index is 0.123. The molecular weight excluding hydrogens is 500 g/mol. The van der Waals surface area contributed by atoms with Crippen molar-refractivity contribution in [2.75, 3.05) is 0 Å². The zero-order valence-electron chi connectivity index (χ0n) is 20.6. The number of thiol groups is 1. The van der Waals surface area contributed by atoms with E-state index in [1.165, 1.54) is 6.07 Å². The molecule has 36 heavy (non-hydrogen) atoms. The van der Waals surface area contributed by atoms with Gasteiger partial charge >= 0.3 is 11.9 Å². The fourth-order valence-corrected chi connectivity index (χ4v) is 5.75. The Bertz CT molecular complexity index is 1110. The molecule has 0 aliphatic carbocycles. The molecule has 2 aromatic carbocycles. The van der Waals surface area contributed by atoms with Gasteiger partial charge in [-0.25, -0.2) is 9.59 Å². The second-order valence-electron chi connectivity index (χ2n) is 8.80. The summed E-state index contributed by atoms with van der Waals surface area (Å²) in [5, 5.41) is 25.3. The first kappa shape index (κ1) is 29.3. The highest BCUT2D eigenvalue weighted by Gasteiger charge is 2.56. The van der Waals surface area contributed by atoms with Crippen LogP contribution in [0.3, 0.4) is 0 Å². The van der Waals surface area contributed by atoms with Gasteiger partial charge in [0.05, 0.1) is 0 Å². The largest absolute Gasteiger partial charge is 0.480 e. The van der Waals surface area contributed by atoms with Crippen LogP contribution < -0.4 is 10.6 Å². The zero-order chi connectivity index (χ0) is 27.1. The van der Waals surface area contributed by atoms with Crippen LogP contribution in [0, 0.1) is 5.92 Å². The fourth-order valence-electron chi connectivity index (χ4n) is 4.11. The molecule has 4 atom stereocenters. The summed E-state index contributed by atoms with van der Waals surface area (Å²) in [7, 11) is 0.660. The van der Waals surface area contributed by atoms with Crippen LogP contribution in [0.5, 0.6) is 0 Å². The maximum atomic E-state index is 13.4. The number of carboxylic acid groups (broad SMARTS) is 2. The van der Waals surface area contributed by atoms with Gasteiger partial charge in [0.25, 0.3) is 11.8 Å². The van der Waals surface area contributed by atoms with E-state index in [2.05, 4.69) is 22.3 Å². The number of carboxylic acids is 2. The Balaban J connectivity index is 2.63. The van der Waals surface area contributed by atoms with Crippen LogP contribution in [0.4, 0.5) is 0 Å². The van der Waals surface area contributed by atoms with Gasteiger partial charge in [-0.3, -0.25) is 9.59 Å². The number of carbonyl (C=O) groups is 4. The molecule has 8 nitrogen and oxygen atoms in total. The number of rotatable bonds is 12. The molecule has 0 aliphatic rings. The molecule has 4 N–H and O–H groups in total. The van der Waals surface area contributed by atoms with E-state index in [0.29, 0.717) is 22.8 Å². The average molecular weight is 533 g/mol. The lowest BCUT2D eigenvalue weighted by atomic mass is 9.71. The van der Waals surface area contributed by atoms with Crippen LogP contribution in [0.1, 0.15) is 66.8 Å². The van der Waals surface area contributed by atoms with Crippen LogP contribution in [0.2, 0.25) is 0 Å². The van der Waals surface area contributed by atoms with Crippen molar-refractivity contribution < 1.29 is 29.4 Å². The molecule has 0 heterocycles. The fraction of sp³-hybridized carbons (Fsp3) is 0.385. The quantitative estimate of drug-likeness (QED) is 0.156. The van der Waals surface area contributed by atoms with E-state index in [1.54, 1.807) is 69.3 Å². The standard InChI is InChI=1S/C26H32N2O6S2/c1-5-16(3)20(23(31)32)27-22(30)18-14-10-11-15-19(18)25(4,6-2)26(36-35,24(33)34)28-21(29)17-12-8-7-9-13-17/h7-16,20,35H,5-6H2,1-4H3,(H,27,30)(H,28,29)(H,31,32)(H,33,34). The summed E-state index contributed by atoms with van der Waals surface area (Å²) < 4.78 is 0. The van der Waals surface area contributed by atoms with E-state index in [0.717, 1.165) is 0 Å². The second-order valence-corrected chi connectivity index (χ2v) is 10.1. The maximum absolute atomic E-state index is 13.4. The van der Waals surface area contributed by atoms with Crippen molar-refractivity contribution in [2.45, 2.75) is 56.9 Å². The monoisotopic (exact) mass is 532 g/mol. The molecule has 0 saturated heterocycles. The van der Waals surface area contributed by atoms with E-state index >= 15 is 0 Å².